The van der Waals surface area contributed by atoms with E-state index in [0.29, 0.717) is 52.5 Å². The van der Waals surface area contributed by atoms with Gasteiger partial charge in [-0.2, -0.15) is 0 Å². The van der Waals surface area contributed by atoms with Crippen LogP contribution in [0.3, 0.4) is 0 Å². The predicted octanol–water partition coefficient (Wildman–Crippen LogP) is 4.74. The number of likely N-dealkylation sites (tertiary alicyclic amines) is 1. The molecule has 0 saturated carbocycles. The number of hydrogen-bond acceptors (Lipinski definition) is 3. The van der Waals surface area contributed by atoms with Crippen molar-refractivity contribution in [2.24, 2.45) is 11.8 Å². The van der Waals surface area contributed by atoms with Crippen LogP contribution in [-0.2, 0) is 9.59 Å². The van der Waals surface area contributed by atoms with Crippen LogP contribution in [0.5, 0.6) is 0 Å². The van der Waals surface area contributed by atoms with Gasteiger partial charge in [-0.1, -0.05) is 37.6 Å². The van der Waals surface area contributed by atoms with Gasteiger partial charge in [-0.3, -0.25) is 9.59 Å². The summed E-state index contributed by atoms with van der Waals surface area (Å²) < 4.78 is 13.5. The van der Waals surface area contributed by atoms with Gasteiger partial charge in [0.2, 0.25) is 0 Å². The maximum absolute atomic E-state index is 13.5. The molecule has 1 saturated heterocycles. The number of carbonyl (C=O) groups excluding carboxylic acids is 2. The fourth-order valence-corrected chi connectivity index (χ4v) is 4.48. The van der Waals surface area contributed by atoms with Crippen molar-refractivity contribution in [2.75, 3.05) is 18.0 Å². The van der Waals surface area contributed by atoms with Crippen LogP contribution >= 0.6 is 11.6 Å². The molecule has 0 aliphatic carbocycles. The first-order valence-electron chi connectivity index (χ1n) is 9.74. The number of imide groups is 1. The Kier molecular flexibility index (Phi) is 5.17. The van der Waals surface area contributed by atoms with Crippen molar-refractivity contribution in [3.8, 4) is 0 Å². The minimum Gasteiger partial charge on any atom is -0.366 e. The van der Waals surface area contributed by atoms with Crippen LogP contribution in [0.4, 0.5) is 10.1 Å². The molecule has 2 aliphatic heterocycles. The molecule has 0 spiro atoms. The molecule has 4 rings (SSSR count). The van der Waals surface area contributed by atoms with Crippen LogP contribution < -0.4 is 4.90 Å². The molecular weight excluding hydrogens is 391 g/mol. The monoisotopic (exact) mass is 412 g/mol. The highest BCUT2D eigenvalue weighted by Gasteiger charge is 2.43. The Bertz CT molecular complexity index is 975. The summed E-state index contributed by atoms with van der Waals surface area (Å²) in [5, 5.41) is 0.526. The lowest BCUT2D eigenvalue weighted by Gasteiger charge is -2.37. The van der Waals surface area contributed by atoms with Gasteiger partial charge in [0.05, 0.1) is 11.3 Å². The Morgan fingerprint density at radius 2 is 1.48 bits per heavy atom. The summed E-state index contributed by atoms with van der Waals surface area (Å²) in [5.41, 5.74) is 1.74. The van der Waals surface area contributed by atoms with Crippen LogP contribution in [0.25, 0.3) is 5.57 Å². The SMILES string of the molecule is CC1CC(C)CN(C2=C(c3ccc(F)cc3)C(=O)N(c3ccc(Cl)cc3)C2=O)C1. The summed E-state index contributed by atoms with van der Waals surface area (Å²) in [5.74, 6) is -0.313. The highest BCUT2D eigenvalue weighted by molar-refractivity contribution is 6.45. The Labute approximate surface area is 174 Å². The van der Waals surface area contributed by atoms with E-state index in [1.54, 1.807) is 36.4 Å². The van der Waals surface area contributed by atoms with Crippen molar-refractivity contribution in [1.29, 1.82) is 0 Å². The highest BCUT2D eigenvalue weighted by Crippen LogP contribution is 2.37. The number of amides is 2. The normalized spacial score (nSPS) is 22.6. The van der Waals surface area contributed by atoms with E-state index in [-0.39, 0.29) is 11.7 Å². The standard InChI is InChI=1S/C23H22ClFN2O2/c1-14-11-15(2)13-26(12-14)21-20(16-3-7-18(25)8-4-16)22(28)27(23(21)29)19-9-5-17(24)6-10-19/h3-10,14-15H,11-13H2,1-2H3. The number of halogens is 2. The Morgan fingerprint density at radius 1 is 0.897 bits per heavy atom. The molecule has 2 heterocycles. The molecule has 2 atom stereocenters. The largest absolute Gasteiger partial charge is 0.366 e. The molecule has 2 aromatic carbocycles. The molecule has 4 nitrogen and oxygen atoms in total. The topological polar surface area (TPSA) is 40.6 Å². The van der Waals surface area contributed by atoms with Gasteiger partial charge < -0.3 is 4.90 Å². The first-order chi connectivity index (χ1) is 13.8. The van der Waals surface area contributed by atoms with Crippen LogP contribution in [0.1, 0.15) is 25.8 Å². The van der Waals surface area contributed by atoms with E-state index in [0.717, 1.165) is 6.42 Å². The molecule has 0 bridgehead atoms. The van der Waals surface area contributed by atoms with Crippen molar-refractivity contribution >= 4 is 34.7 Å². The first-order valence-corrected chi connectivity index (χ1v) is 10.1. The fraction of sp³-hybridized carbons (Fsp3) is 0.304. The van der Waals surface area contributed by atoms with Gasteiger partial charge in [0.15, 0.2) is 0 Å². The number of anilines is 1. The average molecular weight is 413 g/mol. The molecule has 2 unspecified atom stereocenters. The summed E-state index contributed by atoms with van der Waals surface area (Å²) >= 11 is 5.97. The van der Waals surface area contributed by atoms with Crippen LogP contribution in [0.2, 0.25) is 5.02 Å². The van der Waals surface area contributed by atoms with E-state index in [2.05, 4.69) is 13.8 Å². The molecule has 0 aromatic heterocycles. The highest BCUT2D eigenvalue weighted by atomic mass is 35.5. The molecule has 0 N–H and O–H groups in total. The van der Waals surface area contributed by atoms with Crippen molar-refractivity contribution < 1.29 is 14.0 Å². The van der Waals surface area contributed by atoms with Crippen molar-refractivity contribution in [3.05, 3.63) is 70.6 Å². The zero-order chi connectivity index (χ0) is 20.7. The van der Waals surface area contributed by atoms with Crippen molar-refractivity contribution in [2.45, 2.75) is 20.3 Å². The molecule has 1 fully saturated rings. The smallest absolute Gasteiger partial charge is 0.282 e. The summed E-state index contributed by atoms with van der Waals surface area (Å²) in [4.78, 5) is 30.1. The maximum atomic E-state index is 13.5. The number of piperidine rings is 1. The van der Waals surface area contributed by atoms with E-state index in [1.165, 1.54) is 17.0 Å². The van der Waals surface area contributed by atoms with E-state index in [1.807, 2.05) is 4.90 Å². The van der Waals surface area contributed by atoms with E-state index >= 15 is 0 Å². The molecule has 29 heavy (non-hydrogen) atoms. The third-order valence-corrected chi connectivity index (χ3v) is 5.71. The lowest BCUT2D eigenvalue weighted by molar-refractivity contribution is -0.120. The van der Waals surface area contributed by atoms with Crippen LogP contribution in [0.15, 0.2) is 54.2 Å². The molecular formula is C23H22ClFN2O2. The quantitative estimate of drug-likeness (QED) is 0.683. The number of nitrogens with zero attached hydrogens (tertiary/aromatic N) is 2. The first kappa shape index (κ1) is 19.6. The zero-order valence-electron chi connectivity index (χ0n) is 16.4. The Hall–Kier alpha value is -2.66. The Morgan fingerprint density at radius 3 is 2.07 bits per heavy atom. The summed E-state index contributed by atoms with van der Waals surface area (Å²) in [6.07, 6.45) is 1.08. The maximum Gasteiger partial charge on any atom is 0.282 e. The molecule has 2 amide bonds. The fourth-order valence-electron chi connectivity index (χ4n) is 4.36. The third-order valence-electron chi connectivity index (χ3n) is 5.46. The lowest BCUT2D eigenvalue weighted by atomic mass is 9.91. The second-order valence-electron chi connectivity index (χ2n) is 8.00. The molecule has 0 radical (unpaired) electrons. The van der Waals surface area contributed by atoms with Crippen LogP contribution in [-0.4, -0.2) is 29.8 Å². The summed E-state index contributed by atoms with van der Waals surface area (Å²) in [7, 11) is 0. The van der Waals surface area contributed by atoms with Gasteiger partial charge in [0.1, 0.15) is 11.5 Å². The van der Waals surface area contributed by atoms with Crippen molar-refractivity contribution in [3.63, 3.8) is 0 Å². The number of benzene rings is 2. The van der Waals surface area contributed by atoms with Gasteiger partial charge >= 0.3 is 0 Å². The number of carbonyl (C=O) groups is 2. The molecule has 6 heteroatoms. The van der Waals surface area contributed by atoms with E-state index in [9.17, 15) is 14.0 Å². The molecule has 2 aromatic rings. The Balaban J connectivity index is 1.82. The lowest BCUT2D eigenvalue weighted by Crippen LogP contribution is -2.42. The van der Waals surface area contributed by atoms with Crippen molar-refractivity contribution in [1.82, 2.24) is 4.90 Å². The van der Waals surface area contributed by atoms with Gasteiger partial charge in [-0.05, 0) is 60.2 Å². The number of rotatable bonds is 3. The van der Waals surface area contributed by atoms with E-state index in [4.69, 9.17) is 11.6 Å². The summed E-state index contributed by atoms with van der Waals surface area (Å²) in [6.45, 7) is 5.72. The van der Waals surface area contributed by atoms with Gasteiger partial charge in [0.25, 0.3) is 11.8 Å². The average Bonchev–Trinajstić information content (AvgIpc) is 2.93. The van der Waals surface area contributed by atoms with Gasteiger partial charge in [0, 0.05) is 18.1 Å². The van der Waals surface area contributed by atoms with Crippen LogP contribution in [0, 0.1) is 17.7 Å². The minimum atomic E-state index is -0.398. The zero-order valence-corrected chi connectivity index (χ0v) is 17.1. The molecule has 2 aliphatic rings. The predicted molar refractivity (Wildman–Crippen MR) is 112 cm³/mol. The summed E-state index contributed by atoms with van der Waals surface area (Å²) in [6, 6.07) is 12.3. The second kappa shape index (κ2) is 7.64. The molecule has 150 valence electrons. The van der Waals surface area contributed by atoms with Gasteiger partial charge in [-0.15, -0.1) is 0 Å². The van der Waals surface area contributed by atoms with E-state index < -0.39 is 5.91 Å². The third kappa shape index (κ3) is 3.67. The second-order valence-corrected chi connectivity index (χ2v) is 8.44. The minimum absolute atomic E-state index is 0.325. The number of hydrogen-bond donors (Lipinski definition) is 0. The van der Waals surface area contributed by atoms with Gasteiger partial charge in [-0.25, -0.2) is 9.29 Å².